The van der Waals surface area contributed by atoms with Crippen LogP contribution >= 0.6 is 11.6 Å². The molecule has 0 radical (unpaired) electrons. The highest BCUT2D eigenvalue weighted by atomic mass is 35.5. The molecule has 1 aromatic carbocycles. The standard InChI is InChI=1S/C30H39ClF3N3O5/c1-28(2)12-8-18(9-13-28)36(17-22(38)24-21(31)6-5-7-23(24)42-4)26(39)20-16-35-37(25(20)30(32,33)34)19-10-14-29(3,15-11-19)27(40)41/h5-7,16,18-19,22,38H,8-15,17H2,1-4H3,(H,40,41)/t19-,22?,29-. The maximum Gasteiger partial charge on any atom is 0.433 e. The van der Waals surface area contributed by atoms with Gasteiger partial charge in [-0.2, -0.15) is 18.3 Å². The van der Waals surface area contributed by atoms with Crippen LogP contribution in [0.1, 0.15) is 106 Å². The van der Waals surface area contributed by atoms with E-state index in [9.17, 15) is 33.0 Å². The van der Waals surface area contributed by atoms with Crippen molar-refractivity contribution in [3.63, 3.8) is 0 Å². The van der Waals surface area contributed by atoms with Gasteiger partial charge >= 0.3 is 12.1 Å². The molecule has 232 valence electrons. The van der Waals surface area contributed by atoms with Crippen molar-refractivity contribution in [1.29, 1.82) is 0 Å². The lowest BCUT2D eigenvalue weighted by Crippen LogP contribution is -2.46. The summed E-state index contributed by atoms with van der Waals surface area (Å²) in [6.45, 7) is 5.54. The van der Waals surface area contributed by atoms with Crippen LogP contribution in [0.15, 0.2) is 24.4 Å². The molecule has 0 bridgehead atoms. The topological polar surface area (TPSA) is 105 Å². The fourth-order valence-corrected chi connectivity index (χ4v) is 6.61. The van der Waals surface area contributed by atoms with Crippen LogP contribution in [0.4, 0.5) is 13.2 Å². The van der Waals surface area contributed by atoms with Crippen LogP contribution in [0.25, 0.3) is 0 Å². The molecule has 4 rings (SSSR count). The molecular formula is C30H39ClF3N3O5. The summed E-state index contributed by atoms with van der Waals surface area (Å²) in [5.74, 6) is -1.54. The van der Waals surface area contributed by atoms with E-state index in [0.29, 0.717) is 18.6 Å². The monoisotopic (exact) mass is 613 g/mol. The zero-order valence-electron chi connectivity index (χ0n) is 24.4. The van der Waals surface area contributed by atoms with Crippen LogP contribution in [-0.4, -0.2) is 56.5 Å². The van der Waals surface area contributed by atoms with Gasteiger partial charge in [-0.1, -0.05) is 31.5 Å². The second kappa shape index (κ2) is 12.1. The highest BCUT2D eigenvalue weighted by molar-refractivity contribution is 6.31. The number of carboxylic acid groups (broad SMARTS) is 1. The van der Waals surface area contributed by atoms with Crippen LogP contribution in [0.5, 0.6) is 5.75 Å². The number of carboxylic acids is 1. The number of aliphatic hydroxyl groups excluding tert-OH is 1. The van der Waals surface area contributed by atoms with E-state index in [1.165, 1.54) is 12.0 Å². The molecule has 1 aromatic heterocycles. The number of hydrogen-bond donors (Lipinski definition) is 2. The first kappa shape index (κ1) is 32.1. The number of ether oxygens (including phenoxy) is 1. The van der Waals surface area contributed by atoms with E-state index >= 15 is 0 Å². The maximum absolute atomic E-state index is 14.6. The fraction of sp³-hybridized carbons (Fsp3) is 0.633. The number of amides is 1. The SMILES string of the molecule is COc1cccc(Cl)c1C(O)CN(C(=O)c1cnn([C@H]2CC[C@](C)(C(=O)O)CC2)c1C(F)(F)F)C1CCC(C)(C)CC1. The molecule has 1 unspecified atom stereocenters. The van der Waals surface area contributed by atoms with E-state index in [1.807, 2.05) is 0 Å². The van der Waals surface area contributed by atoms with E-state index in [1.54, 1.807) is 25.1 Å². The number of aliphatic carboxylic acids is 1. The Morgan fingerprint density at radius 3 is 2.31 bits per heavy atom. The van der Waals surface area contributed by atoms with Gasteiger partial charge in [-0.15, -0.1) is 0 Å². The average molecular weight is 614 g/mol. The second-order valence-corrected chi connectivity index (χ2v) is 13.1. The number of benzene rings is 1. The van der Waals surface area contributed by atoms with Gasteiger partial charge in [0.2, 0.25) is 0 Å². The molecule has 8 nitrogen and oxygen atoms in total. The van der Waals surface area contributed by atoms with Gasteiger partial charge in [0, 0.05) is 11.6 Å². The Morgan fingerprint density at radius 1 is 1.14 bits per heavy atom. The number of aromatic nitrogens is 2. The van der Waals surface area contributed by atoms with Crippen LogP contribution in [-0.2, 0) is 11.0 Å². The first-order valence-corrected chi connectivity index (χ1v) is 14.7. The van der Waals surface area contributed by atoms with Crippen molar-refractivity contribution in [2.24, 2.45) is 10.8 Å². The van der Waals surface area contributed by atoms with Crippen molar-refractivity contribution < 1.29 is 37.7 Å². The van der Waals surface area contributed by atoms with E-state index in [0.717, 1.165) is 23.7 Å². The van der Waals surface area contributed by atoms with Crippen LogP contribution < -0.4 is 4.74 Å². The summed E-state index contributed by atoms with van der Waals surface area (Å²) in [7, 11) is 1.42. The van der Waals surface area contributed by atoms with Crippen LogP contribution in [0.2, 0.25) is 5.02 Å². The maximum atomic E-state index is 14.6. The Labute approximate surface area is 248 Å². The molecule has 2 aliphatic rings. The molecule has 2 fully saturated rings. The summed E-state index contributed by atoms with van der Waals surface area (Å²) in [4.78, 5) is 27.1. The molecule has 2 aromatic rings. The quantitative estimate of drug-likeness (QED) is 0.335. The molecule has 2 aliphatic carbocycles. The van der Waals surface area contributed by atoms with Crippen molar-refractivity contribution in [3.8, 4) is 5.75 Å². The van der Waals surface area contributed by atoms with Crippen molar-refractivity contribution in [1.82, 2.24) is 14.7 Å². The van der Waals surface area contributed by atoms with Crippen LogP contribution in [0.3, 0.4) is 0 Å². The van der Waals surface area contributed by atoms with Gasteiger partial charge in [0.25, 0.3) is 5.91 Å². The predicted octanol–water partition coefficient (Wildman–Crippen LogP) is 6.91. The number of carbonyl (C=O) groups is 2. The summed E-state index contributed by atoms with van der Waals surface area (Å²) >= 11 is 6.38. The first-order chi connectivity index (χ1) is 19.6. The third-order valence-electron chi connectivity index (χ3n) is 9.16. The Balaban J connectivity index is 1.70. The van der Waals surface area contributed by atoms with Gasteiger partial charge in [-0.3, -0.25) is 14.3 Å². The minimum Gasteiger partial charge on any atom is -0.496 e. The second-order valence-electron chi connectivity index (χ2n) is 12.7. The molecule has 2 N–H and O–H groups in total. The number of rotatable bonds is 8. The number of alkyl halides is 3. The van der Waals surface area contributed by atoms with E-state index in [2.05, 4.69) is 18.9 Å². The highest BCUT2D eigenvalue weighted by Crippen LogP contribution is 2.44. The smallest absolute Gasteiger partial charge is 0.433 e. The summed E-state index contributed by atoms with van der Waals surface area (Å²) < 4.78 is 50.1. The molecule has 0 saturated heterocycles. The molecule has 42 heavy (non-hydrogen) atoms. The molecule has 0 aliphatic heterocycles. The van der Waals surface area contributed by atoms with Gasteiger partial charge in [-0.25, -0.2) is 0 Å². The van der Waals surface area contributed by atoms with Gasteiger partial charge in [0.05, 0.1) is 41.9 Å². The Morgan fingerprint density at radius 2 is 1.76 bits per heavy atom. The third-order valence-corrected chi connectivity index (χ3v) is 9.49. The minimum absolute atomic E-state index is 0.0310. The van der Waals surface area contributed by atoms with E-state index < -0.39 is 52.9 Å². The zero-order chi connectivity index (χ0) is 31.0. The van der Waals surface area contributed by atoms with Gasteiger partial charge in [0.15, 0.2) is 5.69 Å². The molecule has 2 saturated carbocycles. The Kier molecular flexibility index (Phi) is 9.23. The summed E-state index contributed by atoms with van der Waals surface area (Å²) in [6.07, 6.45) is -1.81. The lowest BCUT2D eigenvalue weighted by atomic mass is 9.74. The molecule has 1 amide bonds. The Hall–Kier alpha value is -2.79. The normalized spacial score (nSPS) is 23.8. The van der Waals surface area contributed by atoms with Crippen molar-refractivity contribution in [2.75, 3.05) is 13.7 Å². The van der Waals surface area contributed by atoms with Gasteiger partial charge < -0.3 is 19.8 Å². The van der Waals surface area contributed by atoms with Crippen molar-refractivity contribution in [2.45, 2.75) is 96.5 Å². The third kappa shape index (κ3) is 6.56. The summed E-state index contributed by atoms with van der Waals surface area (Å²) in [5, 5.41) is 25.1. The van der Waals surface area contributed by atoms with Crippen molar-refractivity contribution >= 4 is 23.5 Å². The highest BCUT2D eigenvalue weighted by Gasteiger charge is 2.46. The van der Waals surface area contributed by atoms with Gasteiger partial charge in [-0.05, 0) is 75.8 Å². The number of hydrogen-bond acceptors (Lipinski definition) is 5. The summed E-state index contributed by atoms with van der Waals surface area (Å²) in [5.41, 5.74) is -2.46. The number of aliphatic hydroxyl groups is 1. The largest absolute Gasteiger partial charge is 0.496 e. The van der Waals surface area contributed by atoms with Crippen molar-refractivity contribution in [3.05, 3.63) is 46.2 Å². The molecule has 12 heteroatoms. The molecule has 1 atom stereocenters. The first-order valence-electron chi connectivity index (χ1n) is 14.3. The predicted molar refractivity (Wildman–Crippen MR) is 151 cm³/mol. The number of methoxy groups -OCH3 is 1. The molecule has 0 spiro atoms. The number of carbonyl (C=O) groups excluding carboxylic acids is 1. The minimum atomic E-state index is -4.89. The molecular weight excluding hydrogens is 575 g/mol. The lowest BCUT2D eigenvalue weighted by Gasteiger charge is -2.41. The molecule has 1 heterocycles. The van der Waals surface area contributed by atoms with Crippen LogP contribution in [0, 0.1) is 10.8 Å². The van der Waals surface area contributed by atoms with E-state index in [-0.39, 0.29) is 48.2 Å². The fourth-order valence-electron chi connectivity index (χ4n) is 6.32. The van der Waals surface area contributed by atoms with Gasteiger partial charge in [0.1, 0.15) is 11.9 Å². The van der Waals surface area contributed by atoms with E-state index in [4.69, 9.17) is 16.3 Å². The average Bonchev–Trinajstić information content (AvgIpc) is 3.38. The Bertz CT molecular complexity index is 1290. The number of halogens is 4. The lowest BCUT2D eigenvalue weighted by molar-refractivity contribution is -0.152. The number of nitrogens with zero attached hydrogens (tertiary/aromatic N) is 3. The zero-order valence-corrected chi connectivity index (χ0v) is 25.1. The summed E-state index contributed by atoms with van der Waals surface area (Å²) in [6, 6.07) is 3.74.